The highest BCUT2D eigenvalue weighted by Crippen LogP contribution is 2.34. The van der Waals surface area contributed by atoms with Gasteiger partial charge in [0, 0.05) is 55.6 Å². The molecule has 0 bridgehead atoms. The van der Waals surface area contributed by atoms with E-state index in [4.69, 9.17) is 0 Å². The van der Waals surface area contributed by atoms with E-state index in [2.05, 4.69) is 81.6 Å². The van der Waals surface area contributed by atoms with E-state index in [0.717, 1.165) is 61.9 Å². The summed E-state index contributed by atoms with van der Waals surface area (Å²) in [5.74, 6) is 0.873. The largest absolute Gasteiger partial charge is 0.328 e. The molecule has 6 aromatic rings. The van der Waals surface area contributed by atoms with Crippen molar-refractivity contribution < 1.29 is 4.79 Å². The van der Waals surface area contributed by atoms with Crippen molar-refractivity contribution in [2.45, 2.75) is 71.2 Å². The second-order valence-corrected chi connectivity index (χ2v) is 13.7. The lowest BCUT2D eigenvalue weighted by molar-refractivity contribution is 0.102. The molecule has 0 spiro atoms. The second-order valence-electron chi connectivity index (χ2n) is 13.7. The molecular formula is C42H46N10O. The summed E-state index contributed by atoms with van der Waals surface area (Å²) in [5.41, 5.74) is 7.92. The number of likely N-dealkylation sites (tertiary alicyclic amines) is 2. The van der Waals surface area contributed by atoms with Crippen LogP contribution in [0.2, 0.25) is 0 Å². The van der Waals surface area contributed by atoms with Crippen LogP contribution in [-0.4, -0.2) is 63.3 Å². The van der Waals surface area contributed by atoms with Crippen molar-refractivity contribution in [2.75, 3.05) is 18.4 Å². The lowest BCUT2D eigenvalue weighted by atomic mass is 10.1. The van der Waals surface area contributed by atoms with Gasteiger partial charge in [-0.05, 0) is 112 Å². The van der Waals surface area contributed by atoms with Gasteiger partial charge in [0.25, 0.3) is 5.91 Å². The molecule has 11 nitrogen and oxygen atoms in total. The molecular weight excluding hydrogens is 661 g/mol. The summed E-state index contributed by atoms with van der Waals surface area (Å²) in [4.78, 5) is 44.3. The lowest BCUT2D eigenvalue weighted by Crippen LogP contribution is -2.26. The monoisotopic (exact) mass is 706 g/mol. The number of hydrogen-bond acceptors (Lipinski definition) is 9. The van der Waals surface area contributed by atoms with Crippen LogP contribution in [0.4, 0.5) is 5.69 Å². The second kappa shape index (κ2) is 17.2. The van der Waals surface area contributed by atoms with Crippen LogP contribution in [0, 0.1) is 13.8 Å². The smallest absolute Gasteiger partial charge is 0.274 e. The zero-order valence-corrected chi connectivity index (χ0v) is 30.4. The fourth-order valence-electron chi connectivity index (χ4n) is 7.36. The van der Waals surface area contributed by atoms with Gasteiger partial charge in [-0.15, -0.1) is 0 Å². The van der Waals surface area contributed by atoms with Gasteiger partial charge in [-0.1, -0.05) is 24.3 Å². The van der Waals surface area contributed by atoms with E-state index in [1.54, 1.807) is 30.6 Å². The van der Waals surface area contributed by atoms with Crippen molar-refractivity contribution in [3.05, 3.63) is 162 Å². The Morgan fingerprint density at radius 2 is 1.32 bits per heavy atom. The van der Waals surface area contributed by atoms with Gasteiger partial charge < -0.3 is 9.88 Å². The van der Waals surface area contributed by atoms with E-state index in [1.165, 1.54) is 29.7 Å². The van der Waals surface area contributed by atoms with Gasteiger partial charge in [-0.25, -0.2) is 9.97 Å². The van der Waals surface area contributed by atoms with Gasteiger partial charge in [0.2, 0.25) is 0 Å². The number of amides is 1. The number of nitrogens with one attached hydrogen (secondary N) is 1. The quantitative estimate of drug-likeness (QED) is 0.159. The van der Waals surface area contributed by atoms with Crippen molar-refractivity contribution in [1.82, 2.24) is 44.3 Å². The Morgan fingerprint density at radius 1 is 0.660 bits per heavy atom. The summed E-state index contributed by atoms with van der Waals surface area (Å²) >= 11 is 0. The molecule has 2 unspecified atom stereocenters. The standard InChI is InChI=1S/C22H23N5O.C20H23N5/c1-16-5-3-11-24-21(16)20-8-4-14-27(20)15-18-6-2-7-19(25-18)22(28)26-17-9-12-23-13-10-17;1-16-6-4-10-23-20(16)18-8-5-12-24(18)15-19-22-11-13-25(19)14-17-7-2-3-9-21-17/h2-3,5-7,9-13,20H,4,8,14-15H2,1H3,(H,23,26,28);2-4,6-7,9-11,13,18H,5,8,12,14-15H2,1H3. The Kier molecular flexibility index (Phi) is 11.6. The normalized spacial score (nSPS) is 17.3. The SMILES string of the molecule is Cc1cccnc1C1CCCN1Cc1cccc(C(=O)Nc2ccncc2)n1.Cc1cccnc1C1CCCN1Cc1nccn1Cc1ccccn1. The molecule has 1 N–H and O–H groups in total. The van der Waals surface area contributed by atoms with Crippen molar-refractivity contribution in [3.8, 4) is 0 Å². The molecule has 0 saturated carbocycles. The molecule has 0 aromatic carbocycles. The molecule has 6 aromatic heterocycles. The van der Waals surface area contributed by atoms with Crippen LogP contribution >= 0.6 is 0 Å². The van der Waals surface area contributed by atoms with E-state index in [1.807, 2.05) is 67.4 Å². The van der Waals surface area contributed by atoms with Gasteiger partial charge in [-0.2, -0.15) is 0 Å². The Morgan fingerprint density at radius 3 is 1.98 bits per heavy atom. The number of aryl methyl sites for hydroxylation is 2. The predicted molar refractivity (Wildman–Crippen MR) is 205 cm³/mol. The van der Waals surface area contributed by atoms with E-state index in [9.17, 15) is 4.79 Å². The zero-order chi connectivity index (χ0) is 36.4. The maximum absolute atomic E-state index is 12.5. The number of carbonyl (C=O) groups is 1. The number of anilines is 1. The molecule has 2 atom stereocenters. The van der Waals surface area contributed by atoms with E-state index in [0.29, 0.717) is 30.0 Å². The van der Waals surface area contributed by atoms with Crippen molar-refractivity contribution >= 4 is 11.6 Å². The third-order valence-corrected chi connectivity index (χ3v) is 10.0. The number of carbonyl (C=O) groups excluding carboxylic acids is 1. The number of hydrogen-bond donors (Lipinski definition) is 1. The van der Waals surface area contributed by atoms with Crippen LogP contribution < -0.4 is 5.32 Å². The van der Waals surface area contributed by atoms with Crippen LogP contribution in [0.1, 0.15) is 88.0 Å². The number of aromatic nitrogens is 7. The van der Waals surface area contributed by atoms with Crippen molar-refractivity contribution in [1.29, 1.82) is 0 Å². The van der Waals surface area contributed by atoms with Gasteiger partial charge in [0.15, 0.2) is 0 Å². The average Bonchev–Trinajstić information content (AvgIpc) is 3.96. The molecule has 8 heterocycles. The highest BCUT2D eigenvalue weighted by molar-refractivity contribution is 6.02. The van der Waals surface area contributed by atoms with Gasteiger partial charge in [0.1, 0.15) is 11.5 Å². The Balaban J connectivity index is 0.000000165. The zero-order valence-electron chi connectivity index (χ0n) is 30.4. The summed E-state index contributed by atoms with van der Waals surface area (Å²) in [6.07, 6.45) is 17.4. The molecule has 1 amide bonds. The Hall–Kier alpha value is -5.65. The lowest BCUT2D eigenvalue weighted by Gasteiger charge is -2.25. The van der Waals surface area contributed by atoms with Gasteiger partial charge >= 0.3 is 0 Å². The number of pyridine rings is 5. The minimum Gasteiger partial charge on any atom is -0.328 e. The van der Waals surface area contributed by atoms with Crippen LogP contribution in [0.5, 0.6) is 0 Å². The summed E-state index contributed by atoms with van der Waals surface area (Å²) in [7, 11) is 0. The van der Waals surface area contributed by atoms with Gasteiger partial charge in [0.05, 0.1) is 47.9 Å². The molecule has 2 fully saturated rings. The van der Waals surface area contributed by atoms with Crippen LogP contribution in [0.15, 0.2) is 116 Å². The summed E-state index contributed by atoms with van der Waals surface area (Å²) < 4.78 is 2.20. The topological polar surface area (TPSA) is 118 Å². The minimum absolute atomic E-state index is 0.216. The first-order valence-corrected chi connectivity index (χ1v) is 18.4. The molecule has 2 aliphatic heterocycles. The van der Waals surface area contributed by atoms with E-state index < -0.39 is 0 Å². The van der Waals surface area contributed by atoms with Crippen LogP contribution in [-0.2, 0) is 19.6 Å². The highest BCUT2D eigenvalue weighted by atomic mass is 16.1. The molecule has 270 valence electrons. The average molecular weight is 707 g/mol. The molecule has 11 heteroatoms. The summed E-state index contributed by atoms with van der Waals surface area (Å²) in [5, 5.41) is 2.86. The van der Waals surface area contributed by atoms with E-state index >= 15 is 0 Å². The van der Waals surface area contributed by atoms with Gasteiger partial charge in [-0.3, -0.25) is 34.5 Å². The fraction of sp³-hybridized carbons (Fsp3) is 0.310. The van der Waals surface area contributed by atoms with E-state index in [-0.39, 0.29) is 5.91 Å². The summed E-state index contributed by atoms with van der Waals surface area (Å²) in [6.45, 7) is 8.68. The first kappa shape index (κ1) is 35.7. The first-order chi connectivity index (χ1) is 26.0. The fourth-order valence-corrected chi connectivity index (χ4v) is 7.36. The first-order valence-electron chi connectivity index (χ1n) is 18.4. The van der Waals surface area contributed by atoms with Crippen molar-refractivity contribution in [2.24, 2.45) is 0 Å². The molecule has 0 radical (unpaired) electrons. The molecule has 2 aliphatic rings. The Bertz CT molecular complexity index is 2090. The number of nitrogens with zero attached hydrogens (tertiary/aromatic N) is 9. The molecule has 8 rings (SSSR count). The third kappa shape index (κ3) is 9.05. The number of rotatable bonds is 10. The number of imidazole rings is 1. The molecule has 53 heavy (non-hydrogen) atoms. The minimum atomic E-state index is -0.216. The predicted octanol–water partition coefficient (Wildman–Crippen LogP) is 7.14. The third-order valence-electron chi connectivity index (χ3n) is 10.0. The summed E-state index contributed by atoms with van der Waals surface area (Å²) in [6, 6.07) is 24.1. The van der Waals surface area contributed by atoms with Crippen LogP contribution in [0.25, 0.3) is 0 Å². The molecule has 0 aliphatic carbocycles. The maximum Gasteiger partial charge on any atom is 0.274 e. The Labute approximate surface area is 311 Å². The highest BCUT2D eigenvalue weighted by Gasteiger charge is 2.30. The van der Waals surface area contributed by atoms with Crippen LogP contribution in [0.3, 0.4) is 0 Å². The van der Waals surface area contributed by atoms with Crippen molar-refractivity contribution in [3.63, 3.8) is 0 Å². The maximum atomic E-state index is 12.5. The molecule has 2 saturated heterocycles.